The Morgan fingerprint density at radius 3 is 2.42 bits per heavy atom. The van der Waals surface area contributed by atoms with Crippen LogP contribution < -0.4 is 5.32 Å². The van der Waals surface area contributed by atoms with Crippen LogP contribution in [-0.2, 0) is 4.79 Å². The minimum Gasteiger partial charge on any atom is -0.395 e. The monoisotopic (exact) mass is 268 g/mol. The average molecular weight is 268 g/mol. The molecule has 0 aromatic heterocycles. The number of carbonyl (C=O) groups excluding carboxylic acids is 1. The van der Waals surface area contributed by atoms with Gasteiger partial charge in [-0.15, -0.1) is 0 Å². The van der Waals surface area contributed by atoms with Crippen molar-refractivity contribution in [3.8, 4) is 0 Å². The van der Waals surface area contributed by atoms with Gasteiger partial charge in [0, 0.05) is 12.1 Å². The molecule has 2 N–H and O–H groups in total. The quantitative estimate of drug-likeness (QED) is 0.815. The van der Waals surface area contributed by atoms with E-state index in [4.69, 9.17) is 0 Å². The molecular formula is C15H28N2O2. The first-order valence-electron chi connectivity index (χ1n) is 7.94. The van der Waals surface area contributed by atoms with Crippen LogP contribution in [0, 0.1) is 0 Å². The van der Waals surface area contributed by atoms with Crippen LogP contribution in [0.15, 0.2) is 0 Å². The van der Waals surface area contributed by atoms with E-state index in [1.54, 1.807) is 0 Å². The summed E-state index contributed by atoms with van der Waals surface area (Å²) >= 11 is 0. The number of nitrogens with one attached hydrogen (secondary N) is 1. The molecule has 1 saturated heterocycles. The summed E-state index contributed by atoms with van der Waals surface area (Å²) in [5.74, 6) is 0.144. The summed E-state index contributed by atoms with van der Waals surface area (Å²) in [4.78, 5) is 14.2. The molecule has 0 spiro atoms. The zero-order valence-electron chi connectivity index (χ0n) is 11.9. The number of hydrogen-bond acceptors (Lipinski definition) is 3. The first-order valence-corrected chi connectivity index (χ1v) is 7.94. The van der Waals surface area contributed by atoms with E-state index in [2.05, 4.69) is 10.2 Å². The molecule has 19 heavy (non-hydrogen) atoms. The maximum atomic E-state index is 12.1. The van der Waals surface area contributed by atoms with Crippen LogP contribution in [0.5, 0.6) is 0 Å². The standard InChI is InChI=1S/C15H28N2O2/c18-12-14-9-6-10-17(14)11-15(19)16-13-7-4-2-1-3-5-8-13/h13-14,18H,1-12H2,(H,16,19). The molecule has 2 fully saturated rings. The fourth-order valence-corrected chi connectivity index (χ4v) is 3.37. The largest absolute Gasteiger partial charge is 0.395 e. The van der Waals surface area contributed by atoms with E-state index in [1.165, 1.54) is 32.1 Å². The van der Waals surface area contributed by atoms with E-state index >= 15 is 0 Å². The highest BCUT2D eigenvalue weighted by Gasteiger charge is 2.26. The van der Waals surface area contributed by atoms with Crippen LogP contribution in [0.2, 0.25) is 0 Å². The predicted octanol–water partition coefficient (Wildman–Crippen LogP) is 1.67. The summed E-state index contributed by atoms with van der Waals surface area (Å²) in [6, 6.07) is 0.575. The summed E-state index contributed by atoms with van der Waals surface area (Å²) in [7, 11) is 0. The summed E-state index contributed by atoms with van der Waals surface area (Å²) in [5, 5.41) is 12.5. The molecule has 2 rings (SSSR count). The molecule has 0 radical (unpaired) electrons. The number of amides is 1. The fraction of sp³-hybridized carbons (Fsp3) is 0.933. The predicted molar refractivity (Wildman–Crippen MR) is 75.9 cm³/mol. The van der Waals surface area contributed by atoms with Gasteiger partial charge in [-0.3, -0.25) is 9.69 Å². The highest BCUT2D eigenvalue weighted by atomic mass is 16.3. The van der Waals surface area contributed by atoms with Crippen molar-refractivity contribution in [2.75, 3.05) is 19.7 Å². The van der Waals surface area contributed by atoms with Gasteiger partial charge in [-0.1, -0.05) is 32.1 Å². The summed E-state index contributed by atoms with van der Waals surface area (Å²) in [5.41, 5.74) is 0. The molecular weight excluding hydrogens is 240 g/mol. The van der Waals surface area contributed by atoms with Crippen molar-refractivity contribution < 1.29 is 9.90 Å². The normalized spacial score (nSPS) is 26.9. The summed E-state index contributed by atoms with van der Waals surface area (Å²) in [6.07, 6.45) is 10.9. The number of likely N-dealkylation sites (tertiary alicyclic amines) is 1. The molecule has 1 unspecified atom stereocenters. The Morgan fingerprint density at radius 2 is 1.74 bits per heavy atom. The molecule has 0 aromatic rings. The van der Waals surface area contributed by atoms with Crippen LogP contribution in [0.3, 0.4) is 0 Å². The van der Waals surface area contributed by atoms with Gasteiger partial charge in [-0.2, -0.15) is 0 Å². The number of hydrogen-bond donors (Lipinski definition) is 2. The van der Waals surface area contributed by atoms with Crippen LogP contribution in [-0.4, -0.2) is 47.7 Å². The maximum Gasteiger partial charge on any atom is 0.234 e. The van der Waals surface area contributed by atoms with Gasteiger partial charge in [0.15, 0.2) is 0 Å². The van der Waals surface area contributed by atoms with Gasteiger partial charge in [0.25, 0.3) is 0 Å². The van der Waals surface area contributed by atoms with E-state index in [0.29, 0.717) is 12.6 Å². The highest BCUT2D eigenvalue weighted by Crippen LogP contribution is 2.18. The second-order valence-corrected chi connectivity index (χ2v) is 6.06. The lowest BCUT2D eigenvalue weighted by atomic mass is 9.97. The minimum absolute atomic E-state index is 0.144. The molecule has 1 aliphatic heterocycles. The summed E-state index contributed by atoms with van der Waals surface area (Å²) in [6.45, 7) is 1.59. The molecule has 1 atom stereocenters. The van der Waals surface area contributed by atoms with Gasteiger partial charge < -0.3 is 10.4 Å². The summed E-state index contributed by atoms with van der Waals surface area (Å²) < 4.78 is 0. The minimum atomic E-state index is 0.144. The Bertz CT molecular complexity index is 275. The average Bonchev–Trinajstić information content (AvgIpc) is 2.79. The lowest BCUT2D eigenvalue weighted by Gasteiger charge is -2.25. The van der Waals surface area contributed by atoms with Gasteiger partial charge in [-0.05, 0) is 32.2 Å². The lowest BCUT2D eigenvalue weighted by molar-refractivity contribution is -0.123. The zero-order valence-corrected chi connectivity index (χ0v) is 11.9. The Hall–Kier alpha value is -0.610. The maximum absolute atomic E-state index is 12.1. The third kappa shape index (κ3) is 4.77. The molecule has 4 heteroatoms. The first-order chi connectivity index (χ1) is 9.29. The molecule has 0 aromatic carbocycles. The van der Waals surface area contributed by atoms with Gasteiger partial charge >= 0.3 is 0 Å². The van der Waals surface area contributed by atoms with E-state index in [9.17, 15) is 9.90 Å². The van der Waals surface area contributed by atoms with E-state index < -0.39 is 0 Å². The van der Waals surface area contributed by atoms with Crippen molar-refractivity contribution in [1.29, 1.82) is 0 Å². The Balaban J connectivity index is 1.73. The molecule has 1 aliphatic carbocycles. The molecule has 0 bridgehead atoms. The zero-order chi connectivity index (χ0) is 13.5. The molecule has 2 aliphatic rings. The van der Waals surface area contributed by atoms with Crippen molar-refractivity contribution in [3.05, 3.63) is 0 Å². The third-order valence-corrected chi connectivity index (χ3v) is 4.53. The van der Waals surface area contributed by atoms with E-state index in [1.807, 2.05) is 0 Å². The number of carbonyl (C=O) groups is 1. The highest BCUT2D eigenvalue weighted by molar-refractivity contribution is 5.78. The molecule has 110 valence electrons. The topological polar surface area (TPSA) is 52.6 Å². The van der Waals surface area contributed by atoms with Crippen molar-refractivity contribution in [2.24, 2.45) is 0 Å². The number of aliphatic hydroxyl groups is 1. The van der Waals surface area contributed by atoms with Gasteiger partial charge in [0.2, 0.25) is 5.91 Å². The van der Waals surface area contributed by atoms with Crippen LogP contribution in [0.25, 0.3) is 0 Å². The van der Waals surface area contributed by atoms with E-state index in [0.717, 1.165) is 32.2 Å². The second kappa shape index (κ2) is 7.85. The molecule has 1 saturated carbocycles. The Kier molecular flexibility index (Phi) is 6.11. The number of rotatable bonds is 4. The first kappa shape index (κ1) is 14.8. The molecule has 4 nitrogen and oxygen atoms in total. The number of aliphatic hydroxyl groups excluding tert-OH is 1. The van der Waals surface area contributed by atoms with Gasteiger partial charge in [-0.25, -0.2) is 0 Å². The smallest absolute Gasteiger partial charge is 0.234 e. The van der Waals surface area contributed by atoms with Crippen LogP contribution in [0.4, 0.5) is 0 Å². The lowest BCUT2D eigenvalue weighted by Crippen LogP contribution is -2.44. The van der Waals surface area contributed by atoms with E-state index in [-0.39, 0.29) is 18.6 Å². The number of nitrogens with zero attached hydrogens (tertiary/aromatic N) is 1. The van der Waals surface area contributed by atoms with Crippen molar-refractivity contribution >= 4 is 5.91 Å². The Labute approximate surface area is 116 Å². The van der Waals surface area contributed by atoms with Crippen molar-refractivity contribution in [2.45, 2.75) is 69.9 Å². The van der Waals surface area contributed by atoms with Crippen LogP contribution >= 0.6 is 0 Å². The van der Waals surface area contributed by atoms with Gasteiger partial charge in [0.05, 0.1) is 13.2 Å². The SMILES string of the molecule is O=C(CN1CCCC1CO)NC1CCCCCCC1. The Morgan fingerprint density at radius 1 is 1.05 bits per heavy atom. The van der Waals surface area contributed by atoms with Gasteiger partial charge in [0.1, 0.15) is 0 Å². The van der Waals surface area contributed by atoms with Crippen molar-refractivity contribution in [3.63, 3.8) is 0 Å². The fourth-order valence-electron chi connectivity index (χ4n) is 3.37. The third-order valence-electron chi connectivity index (χ3n) is 4.53. The van der Waals surface area contributed by atoms with Crippen LogP contribution in [0.1, 0.15) is 57.8 Å². The molecule has 1 amide bonds. The second-order valence-electron chi connectivity index (χ2n) is 6.06. The van der Waals surface area contributed by atoms with Crippen molar-refractivity contribution in [1.82, 2.24) is 10.2 Å². The molecule has 1 heterocycles.